The molecule has 9 heteroatoms. The van der Waals surface area contributed by atoms with Crippen LogP contribution in [0.3, 0.4) is 0 Å². The molecular weight excluding hydrogens is 489 g/mol. The molecule has 0 fully saturated rings. The van der Waals surface area contributed by atoms with Gasteiger partial charge in [-0.15, -0.1) is 0 Å². The number of rotatable bonds is 11. The monoisotopic (exact) mass is 512 g/mol. The number of carboxylic acids is 1. The minimum absolute atomic E-state index is 0.151. The van der Waals surface area contributed by atoms with Crippen molar-refractivity contribution in [3.63, 3.8) is 0 Å². The van der Waals surface area contributed by atoms with Crippen LogP contribution in [0.5, 0.6) is 5.75 Å². The van der Waals surface area contributed by atoms with Gasteiger partial charge in [0.1, 0.15) is 18.1 Å². The lowest BCUT2D eigenvalue weighted by Crippen LogP contribution is -2.06. The van der Waals surface area contributed by atoms with Crippen molar-refractivity contribution in [2.45, 2.75) is 37.9 Å². The average molecular weight is 513 g/mol. The quantitative estimate of drug-likeness (QED) is 0.188. The largest absolute Gasteiger partial charge is 0.489 e. The van der Waals surface area contributed by atoms with E-state index in [0.29, 0.717) is 23.0 Å². The molecule has 0 aliphatic rings. The van der Waals surface area contributed by atoms with Gasteiger partial charge in [0.05, 0.1) is 10.6 Å². The van der Waals surface area contributed by atoms with E-state index in [0.717, 1.165) is 33.1 Å². The van der Waals surface area contributed by atoms with Crippen LogP contribution in [0.25, 0.3) is 0 Å². The first-order valence-corrected chi connectivity index (χ1v) is 11.4. The number of ether oxygens (including phenoxy) is 2. The van der Waals surface area contributed by atoms with E-state index in [4.69, 9.17) is 26.2 Å². The van der Waals surface area contributed by atoms with Crippen molar-refractivity contribution in [2.24, 2.45) is 0 Å². The van der Waals surface area contributed by atoms with Crippen molar-refractivity contribution in [3.8, 4) is 5.75 Å². The summed E-state index contributed by atoms with van der Waals surface area (Å²) in [4.78, 5) is 12.5. The van der Waals surface area contributed by atoms with Crippen LogP contribution in [0.1, 0.15) is 31.4 Å². The Morgan fingerprint density at radius 1 is 1.21 bits per heavy atom. The minimum Gasteiger partial charge on any atom is -0.489 e. The summed E-state index contributed by atoms with van der Waals surface area (Å²) in [6.07, 6.45) is -0.328. The van der Waals surface area contributed by atoms with E-state index in [-0.39, 0.29) is 6.61 Å². The molecule has 0 spiro atoms. The van der Waals surface area contributed by atoms with E-state index >= 15 is 0 Å². The molecule has 34 heavy (non-hydrogen) atoms. The number of aliphatic carboxylic acids is 1. The predicted octanol–water partition coefficient (Wildman–Crippen LogP) is 7.89. The lowest BCUT2D eigenvalue weighted by atomic mass is 10.2. The number of alkyl halides is 3. The average Bonchev–Trinajstić information content (AvgIpc) is 2.78. The smallest absolute Gasteiger partial charge is 0.416 e. The van der Waals surface area contributed by atoms with Crippen LogP contribution in [-0.2, 0) is 22.3 Å². The number of hydrogen-bond donors (Lipinski definition) is 1. The number of thioether (sulfide) groups is 1. The molecule has 0 aliphatic heterocycles. The van der Waals surface area contributed by atoms with Crippen molar-refractivity contribution in [2.75, 3.05) is 6.61 Å². The normalized spacial score (nSPS) is 12.7. The molecule has 2 rings (SSSR count). The van der Waals surface area contributed by atoms with Gasteiger partial charge in [0, 0.05) is 4.90 Å². The highest BCUT2D eigenvalue weighted by Crippen LogP contribution is 2.36. The molecule has 4 nitrogen and oxygen atoms in total. The van der Waals surface area contributed by atoms with Crippen molar-refractivity contribution < 1.29 is 32.5 Å². The van der Waals surface area contributed by atoms with Gasteiger partial charge in [0.2, 0.25) is 0 Å². The van der Waals surface area contributed by atoms with E-state index in [1.165, 1.54) is 30.0 Å². The molecule has 0 saturated heterocycles. The SMILES string of the molecule is C=C/C(OCC(=O)O)=C(C)\C=C(/CC)Sc1ccc(COc2ccc(C(F)(F)F)cc2)cc1Cl. The molecule has 0 atom stereocenters. The Morgan fingerprint density at radius 3 is 2.41 bits per heavy atom. The summed E-state index contributed by atoms with van der Waals surface area (Å²) in [7, 11) is 0. The molecule has 0 amide bonds. The maximum Gasteiger partial charge on any atom is 0.416 e. The number of hydrogen-bond acceptors (Lipinski definition) is 4. The van der Waals surface area contributed by atoms with Crippen molar-refractivity contribution >= 4 is 29.3 Å². The summed E-state index contributed by atoms with van der Waals surface area (Å²) in [5, 5.41) is 9.30. The Bertz CT molecular complexity index is 1080. The topological polar surface area (TPSA) is 55.8 Å². The van der Waals surface area contributed by atoms with Gasteiger partial charge in [-0.25, -0.2) is 4.79 Å². The van der Waals surface area contributed by atoms with Crippen LogP contribution in [0.15, 0.2) is 82.3 Å². The fraction of sp³-hybridized carbons (Fsp3) is 0.240. The molecule has 2 aromatic rings. The third kappa shape index (κ3) is 8.50. The Balaban J connectivity index is 2.07. The van der Waals surface area contributed by atoms with Gasteiger partial charge in [-0.05, 0) is 77.9 Å². The van der Waals surface area contributed by atoms with Crippen LogP contribution >= 0.6 is 23.4 Å². The molecule has 2 aromatic carbocycles. The lowest BCUT2D eigenvalue weighted by molar-refractivity contribution is -0.140. The highest BCUT2D eigenvalue weighted by molar-refractivity contribution is 8.03. The first-order valence-electron chi connectivity index (χ1n) is 10.2. The first-order chi connectivity index (χ1) is 16.0. The minimum atomic E-state index is -4.39. The second-order valence-electron chi connectivity index (χ2n) is 7.08. The molecule has 0 radical (unpaired) electrons. The van der Waals surface area contributed by atoms with Crippen LogP contribution in [0.2, 0.25) is 5.02 Å². The van der Waals surface area contributed by atoms with E-state index in [1.54, 1.807) is 13.0 Å². The Hall–Kier alpha value is -2.84. The zero-order valence-corrected chi connectivity index (χ0v) is 20.2. The number of benzene rings is 2. The number of allylic oxidation sites excluding steroid dienone is 4. The number of carbonyl (C=O) groups is 1. The first kappa shape index (κ1) is 27.4. The molecule has 0 saturated carbocycles. The molecule has 0 unspecified atom stereocenters. The molecule has 0 aliphatic carbocycles. The third-order valence-electron chi connectivity index (χ3n) is 4.48. The van der Waals surface area contributed by atoms with Gasteiger partial charge in [0.25, 0.3) is 0 Å². The van der Waals surface area contributed by atoms with Gasteiger partial charge in [-0.3, -0.25) is 0 Å². The highest BCUT2D eigenvalue weighted by atomic mass is 35.5. The Kier molecular flexibility index (Phi) is 10.1. The third-order valence-corrected chi connectivity index (χ3v) is 6.15. The summed E-state index contributed by atoms with van der Waals surface area (Å²) in [6.45, 7) is 7.14. The van der Waals surface area contributed by atoms with Crippen LogP contribution < -0.4 is 4.74 Å². The zero-order valence-electron chi connectivity index (χ0n) is 18.6. The van der Waals surface area contributed by atoms with E-state index in [1.807, 2.05) is 25.1 Å². The van der Waals surface area contributed by atoms with Gasteiger partial charge < -0.3 is 14.6 Å². The second kappa shape index (κ2) is 12.6. The lowest BCUT2D eigenvalue weighted by Gasteiger charge is -2.12. The maximum absolute atomic E-state index is 12.7. The van der Waals surface area contributed by atoms with E-state index in [2.05, 4.69) is 6.58 Å². The fourth-order valence-electron chi connectivity index (χ4n) is 2.75. The van der Waals surface area contributed by atoms with Gasteiger partial charge in [-0.2, -0.15) is 13.2 Å². The number of halogens is 4. The Labute approximate surface area is 205 Å². The highest BCUT2D eigenvalue weighted by Gasteiger charge is 2.30. The molecule has 1 N–H and O–H groups in total. The standard InChI is InChI=1S/C25H24ClF3O4S/c1-4-20(12-16(3)22(5-2)33-15-24(30)31)34-23-11-6-17(13-21(23)26)14-32-19-9-7-18(8-10-19)25(27,28)29/h5-13H,2,4,14-15H2,1,3H3,(H,30,31)/b20-12+,22-16+. The van der Waals surface area contributed by atoms with Crippen molar-refractivity contribution in [1.29, 1.82) is 0 Å². The van der Waals surface area contributed by atoms with Gasteiger partial charge >= 0.3 is 12.1 Å². The van der Waals surface area contributed by atoms with Crippen LogP contribution in [0.4, 0.5) is 13.2 Å². The van der Waals surface area contributed by atoms with E-state index in [9.17, 15) is 18.0 Å². The second-order valence-corrected chi connectivity index (χ2v) is 8.65. The molecule has 182 valence electrons. The van der Waals surface area contributed by atoms with Crippen molar-refractivity contribution in [1.82, 2.24) is 0 Å². The van der Waals surface area contributed by atoms with Crippen LogP contribution in [-0.4, -0.2) is 17.7 Å². The molecular formula is C25H24ClF3O4S. The summed E-state index contributed by atoms with van der Waals surface area (Å²) < 4.78 is 48.8. The van der Waals surface area contributed by atoms with Crippen LogP contribution in [0, 0.1) is 0 Å². The Morgan fingerprint density at radius 2 is 1.88 bits per heavy atom. The summed E-state index contributed by atoms with van der Waals surface area (Å²) >= 11 is 7.91. The van der Waals surface area contributed by atoms with Crippen molar-refractivity contribution in [3.05, 3.63) is 93.6 Å². The fourth-order valence-corrected chi connectivity index (χ4v) is 4.03. The van der Waals surface area contributed by atoms with E-state index < -0.39 is 24.3 Å². The van der Waals surface area contributed by atoms with Gasteiger partial charge in [0.15, 0.2) is 6.61 Å². The molecule has 0 heterocycles. The number of carboxylic acid groups (broad SMARTS) is 1. The summed E-state index contributed by atoms with van der Waals surface area (Å²) in [5.74, 6) is -0.365. The molecule has 0 bridgehead atoms. The summed E-state index contributed by atoms with van der Waals surface area (Å²) in [5.41, 5.74) is 0.768. The molecule has 0 aromatic heterocycles. The summed E-state index contributed by atoms with van der Waals surface area (Å²) in [6, 6.07) is 9.93. The maximum atomic E-state index is 12.7. The van der Waals surface area contributed by atoms with Gasteiger partial charge in [-0.1, -0.05) is 42.9 Å². The zero-order chi connectivity index (χ0) is 25.3. The predicted molar refractivity (Wildman–Crippen MR) is 128 cm³/mol.